The summed E-state index contributed by atoms with van der Waals surface area (Å²) in [5.41, 5.74) is 2.51. The van der Waals surface area contributed by atoms with Gasteiger partial charge in [-0.3, -0.25) is 0 Å². The van der Waals surface area contributed by atoms with Gasteiger partial charge in [0.15, 0.2) is 0 Å². The highest BCUT2D eigenvalue weighted by Crippen LogP contribution is 2.25. The van der Waals surface area contributed by atoms with Crippen molar-refractivity contribution in [3.63, 3.8) is 0 Å². The largest absolute Gasteiger partial charge is 0.478 e. The van der Waals surface area contributed by atoms with Gasteiger partial charge in [0.1, 0.15) is 0 Å². The Morgan fingerprint density at radius 3 is 2.69 bits per heavy atom. The predicted molar refractivity (Wildman–Crippen MR) is 60.5 cm³/mol. The molecule has 0 saturated heterocycles. The van der Waals surface area contributed by atoms with E-state index < -0.39 is 5.97 Å². The Labute approximate surface area is 92.7 Å². The molecule has 16 heavy (non-hydrogen) atoms. The zero-order chi connectivity index (χ0) is 11.9. The number of rotatable bonds is 2. The molecule has 0 saturated carbocycles. The molecule has 1 aromatic heterocycles. The van der Waals surface area contributed by atoms with Gasteiger partial charge < -0.3 is 14.8 Å². The summed E-state index contributed by atoms with van der Waals surface area (Å²) in [6.07, 6.45) is 0. The first-order valence-corrected chi connectivity index (χ1v) is 4.98. The third-order valence-electron chi connectivity index (χ3n) is 2.94. The number of carboxylic acids is 1. The van der Waals surface area contributed by atoms with E-state index in [1.54, 1.807) is 6.07 Å². The zero-order valence-electron chi connectivity index (χ0n) is 9.19. The highest BCUT2D eigenvalue weighted by atomic mass is 16.4. The monoisotopic (exact) mass is 219 g/mol. The van der Waals surface area contributed by atoms with Crippen molar-refractivity contribution < 1.29 is 15.0 Å². The molecule has 0 spiro atoms. The van der Waals surface area contributed by atoms with E-state index in [1.807, 2.05) is 30.7 Å². The van der Waals surface area contributed by atoms with Gasteiger partial charge in [-0.2, -0.15) is 0 Å². The number of nitrogens with zero attached hydrogens (tertiary/aromatic N) is 1. The molecule has 0 radical (unpaired) electrons. The van der Waals surface area contributed by atoms with Gasteiger partial charge in [-0.15, -0.1) is 0 Å². The van der Waals surface area contributed by atoms with Crippen molar-refractivity contribution in [2.24, 2.45) is 7.05 Å². The summed E-state index contributed by atoms with van der Waals surface area (Å²) in [6, 6.07) is 5.32. The number of hydrogen-bond donors (Lipinski definition) is 2. The molecule has 0 amide bonds. The van der Waals surface area contributed by atoms with Gasteiger partial charge >= 0.3 is 5.97 Å². The second kappa shape index (κ2) is 3.64. The fraction of sp³-hybridized carbons (Fsp3) is 0.250. The number of aliphatic hydroxyl groups is 1. The summed E-state index contributed by atoms with van der Waals surface area (Å²) in [4.78, 5) is 11.2. The van der Waals surface area contributed by atoms with Gasteiger partial charge in [-0.05, 0) is 24.6 Å². The number of aromatic nitrogens is 1. The minimum Gasteiger partial charge on any atom is -0.478 e. The van der Waals surface area contributed by atoms with Crippen LogP contribution in [0.1, 0.15) is 21.6 Å². The number of fused-ring (bicyclic) bond motifs is 1. The van der Waals surface area contributed by atoms with E-state index in [2.05, 4.69) is 0 Å². The Bertz CT molecular complexity index is 569. The number of aromatic carboxylic acids is 1. The normalized spacial score (nSPS) is 10.9. The van der Waals surface area contributed by atoms with E-state index in [0.29, 0.717) is 10.9 Å². The van der Waals surface area contributed by atoms with Crippen molar-refractivity contribution in [3.8, 4) is 0 Å². The van der Waals surface area contributed by atoms with Crippen molar-refractivity contribution in [1.29, 1.82) is 0 Å². The number of carbonyl (C=O) groups is 1. The summed E-state index contributed by atoms with van der Waals surface area (Å²) in [7, 11) is 1.89. The maximum Gasteiger partial charge on any atom is 0.336 e. The summed E-state index contributed by atoms with van der Waals surface area (Å²) < 4.78 is 1.93. The second-order valence-corrected chi connectivity index (χ2v) is 3.84. The van der Waals surface area contributed by atoms with Crippen molar-refractivity contribution in [2.75, 3.05) is 0 Å². The molecule has 2 rings (SSSR count). The summed E-state index contributed by atoms with van der Waals surface area (Å²) in [5.74, 6) is -1.000. The molecular weight excluding hydrogens is 206 g/mol. The molecule has 0 atom stereocenters. The predicted octanol–water partition coefficient (Wildman–Crippen LogP) is 1.68. The molecule has 0 aliphatic rings. The van der Waals surface area contributed by atoms with Crippen molar-refractivity contribution in [1.82, 2.24) is 4.57 Å². The Balaban J connectivity index is 2.89. The molecule has 0 aliphatic carbocycles. The lowest BCUT2D eigenvalue weighted by Crippen LogP contribution is -2.03. The Kier molecular flexibility index (Phi) is 2.44. The maximum atomic E-state index is 11.2. The van der Waals surface area contributed by atoms with Crippen molar-refractivity contribution >= 4 is 16.9 Å². The lowest BCUT2D eigenvalue weighted by molar-refractivity contribution is 0.0695. The molecule has 0 aliphatic heterocycles. The van der Waals surface area contributed by atoms with Gasteiger partial charge in [0.05, 0.1) is 12.2 Å². The van der Waals surface area contributed by atoms with Gasteiger partial charge in [-0.1, -0.05) is 6.07 Å². The van der Waals surface area contributed by atoms with Crippen LogP contribution in [0.4, 0.5) is 0 Å². The average molecular weight is 219 g/mol. The minimum absolute atomic E-state index is 0.198. The summed E-state index contributed by atoms with van der Waals surface area (Å²) in [5, 5.41) is 19.0. The van der Waals surface area contributed by atoms with Crippen LogP contribution in [0.15, 0.2) is 18.2 Å². The molecule has 2 aromatic rings. The van der Waals surface area contributed by atoms with Gasteiger partial charge in [0.25, 0.3) is 0 Å². The van der Waals surface area contributed by atoms with Crippen LogP contribution >= 0.6 is 0 Å². The highest BCUT2D eigenvalue weighted by Gasteiger charge is 2.16. The number of hydrogen-bond acceptors (Lipinski definition) is 2. The Morgan fingerprint density at radius 1 is 1.44 bits per heavy atom. The maximum absolute atomic E-state index is 11.2. The fourth-order valence-electron chi connectivity index (χ4n) is 1.97. The number of aliphatic hydroxyl groups excluding tert-OH is 1. The smallest absolute Gasteiger partial charge is 0.336 e. The van der Waals surface area contributed by atoms with Crippen LogP contribution < -0.4 is 0 Å². The SMILES string of the molecule is Cc1cc2c(C(=O)O)c(CO)ccc2n1C. The standard InChI is InChI=1S/C12H13NO3/c1-7-5-9-10(13(7)2)4-3-8(6-14)11(9)12(15)16/h3-5,14H,6H2,1-2H3,(H,15,16). The van der Waals surface area contributed by atoms with Crippen molar-refractivity contribution in [2.45, 2.75) is 13.5 Å². The molecule has 4 nitrogen and oxygen atoms in total. The first kappa shape index (κ1) is 10.7. The molecule has 84 valence electrons. The molecule has 0 bridgehead atoms. The van der Waals surface area contributed by atoms with Crippen LogP contribution in [0.5, 0.6) is 0 Å². The van der Waals surface area contributed by atoms with E-state index in [1.165, 1.54) is 0 Å². The van der Waals surface area contributed by atoms with Gasteiger partial charge in [0, 0.05) is 23.6 Å². The fourth-order valence-corrected chi connectivity index (χ4v) is 1.97. The summed E-state index contributed by atoms with van der Waals surface area (Å²) in [6.45, 7) is 1.66. The summed E-state index contributed by atoms with van der Waals surface area (Å²) >= 11 is 0. The van der Waals surface area contributed by atoms with E-state index >= 15 is 0 Å². The molecule has 1 aromatic carbocycles. The molecule has 2 N–H and O–H groups in total. The number of aryl methyl sites for hydroxylation is 2. The Hall–Kier alpha value is -1.81. The van der Waals surface area contributed by atoms with Crippen LogP contribution in [0.3, 0.4) is 0 Å². The van der Waals surface area contributed by atoms with Crippen LogP contribution in [0.25, 0.3) is 10.9 Å². The van der Waals surface area contributed by atoms with E-state index in [9.17, 15) is 9.90 Å². The highest BCUT2D eigenvalue weighted by molar-refractivity contribution is 6.04. The third kappa shape index (κ3) is 1.39. The van der Waals surface area contributed by atoms with E-state index in [0.717, 1.165) is 11.2 Å². The first-order valence-electron chi connectivity index (χ1n) is 4.98. The second-order valence-electron chi connectivity index (χ2n) is 3.84. The topological polar surface area (TPSA) is 62.5 Å². The lowest BCUT2D eigenvalue weighted by Gasteiger charge is -2.05. The van der Waals surface area contributed by atoms with Crippen LogP contribution in [-0.2, 0) is 13.7 Å². The average Bonchev–Trinajstić information content (AvgIpc) is 2.53. The van der Waals surface area contributed by atoms with E-state index in [4.69, 9.17) is 5.11 Å². The van der Waals surface area contributed by atoms with Gasteiger partial charge in [-0.25, -0.2) is 4.79 Å². The van der Waals surface area contributed by atoms with Crippen molar-refractivity contribution in [3.05, 3.63) is 35.0 Å². The number of benzene rings is 1. The molecule has 0 unspecified atom stereocenters. The molecule has 1 heterocycles. The van der Waals surface area contributed by atoms with Gasteiger partial charge in [0.2, 0.25) is 0 Å². The molecule has 4 heteroatoms. The van der Waals surface area contributed by atoms with E-state index in [-0.39, 0.29) is 12.2 Å². The van der Waals surface area contributed by atoms with Crippen LogP contribution in [0.2, 0.25) is 0 Å². The quantitative estimate of drug-likeness (QED) is 0.807. The Morgan fingerprint density at radius 2 is 2.12 bits per heavy atom. The third-order valence-corrected chi connectivity index (χ3v) is 2.94. The molecular formula is C12H13NO3. The minimum atomic E-state index is -1.000. The number of carboxylic acid groups (broad SMARTS) is 1. The van der Waals surface area contributed by atoms with Crippen LogP contribution in [-0.4, -0.2) is 20.7 Å². The lowest BCUT2D eigenvalue weighted by atomic mass is 10.0. The molecule has 0 fully saturated rings. The zero-order valence-corrected chi connectivity index (χ0v) is 9.19. The first-order chi connectivity index (χ1) is 7.56. The van der Waals surface area contributed by atoms with Crippen LogP contribution in [0, 0.1) is 6.92 Å².